The van der Waals surface area contributed by atoms with Gasteiger partial charge in [-0.25, -0.2) is 4.39 Å². The van der Waals surface area contributed by atoms with Gasteiger partial charge in [0.2, 0.25) is 0 Å². The maximum absolute atomic E-state index is 13.3. The summed E-state index contributed by atoms with van der Waals surface area (Å²) in [6.45, 7) is 0.311. The van der Waals surface area contributed by atoms with Crippen LogP contribution in [-0.2, 0) is 6.54 Å². The molecule has 2 aromatic rings. The predicted molar refractivity (Wildman–Crippen MR) is 73.7 cm³/mol. The summed E-state index contributed by atoms with van der Waals surface area (Å²) in [4.78, 5) is 12.0. The minimum Gasteiger partial charge on any atom is -0.326 e. The summed E-state index contributed by atoms with van der Waals surface area (Å²) in [6.07, 6.45) is 0. The van der Waals surface area contributed by atoms with Crippen LogP contribution in [0.25, 0.3) is 0 Å². The summed E-state index contributed by atoms with van der Waals surface area (Å²) < 4.78 is 13.3. The molecule has 0 aliphatic rings. The maximum atomic E-state index is 13.3. The van der Waals surface area contributed by atoms with Crippen molar-refractivity contribution < 1.29 is 9.18 Å². The smallest absolute Gasteiger partial charge is 0.255 e. The molecule has 2 aromatic carbocycles. The van der Waals surface area contributed by atoms with Crippen LogP contribution in [0.3, 0.4) is 0 Å². The molecule has 0 aliphatic heterocycles. The van der Waals surface area contributed by atoms with E-state index in [1.165, 1.54) is 12.1 Å². The van der Waals surface area contributed by atoms with Crippen molar-refractivity contribution in [1.82, 2.24) is 0 Å². The van der Waals surface area contributed by atoms with Crippen molar-refractivity contribution in [2.75, 3.05) is 5.32 Å². The third-order valence-electron chi connectivity index (χ3n) is 2.67. The minimum absolute atomic E-state index is 0.0149. The number of hydrogen-bond acceptors (Lipinski definition) is 2. The highest BCUT2D eigenvalue weighted by molar-refractivity contribution is 6.30. The number of hydrogen-bond donors (Lipinski definition) is 2. The van der Waals surface area contributed by atoms with Crippen LogP contribution in [0.4, 0.5) is 10.1 Å². The fraction of sp³-hybridized carbons (Fsp3) is 0.0714. The van der Waals surface area contributed by atoms with E-state index in [2.05, 4.69) is 5.32 Å². The summed E-state index contributed by atoms with van der Waals surface area (Å²) in [5.74, 6) is -1.03. The molecule has 3 nitrogen and oxygen atoms in total. The second kappa shape index (κ2) is 5.82. The lowest BCUT2D eigenvalue weighted by Crippen LogP contribution is -2.14. The molecule has 0 atom stereocenters. The van der Waals surface area contributed by atoms with Crippen molar-refractivity contribution in [1.29, 1.82) is 0 Å². The first-order valence-corrected chi connectivity index (χ1v) is 6.04. The third-order valence-corrected chi connectivity index (χ3v) is 2.97. The fourth-order valence-electron chi connectivity index (χ4n) is 1.65. The lowest BCUT2D eigenvalue weighted by molar-refractivity contribution is 0.102. The van der Waals surface area contributed by atoms with Gasteiger partial charge in [0.15, 0.2) is 0 Å². The zero-order valence-electron chi connectivity index (χ0n) is 9.99. The van der Waals surface area contributed by atoms with Gasteiger partial charge in [-0.1, -0.05) is 29.8 Å². The average molecular weight is 279 g/mol. The van der Waals surface area contributed by atoms with E-state index in [-0.39, 0.29) is 10.6 Å². The van der Waals surface area contributed by atoms with Gasteiger partial charge in [0.1, 0.15) is 5.82 Å². The van der Waals surface area contributed by atoms with Gasteiger partial charge in [-0.2, -0.15) is 0 Å². The van der Waals surface area contributed by atoms with Gasteiger partial charge < -0.3 is 11.1 Å². The Morgan fingerprint density at radius 1 is 1.26 bits per heavy atom. The molecule has 98 valence electrons. The molecule has 0 unspecified atom stereocenters. The Bertz CT molecular complexity index is 616. The van der Waals surface area contributed by atoms with Gasteiger partial charge in [-0.3, -0.25) is 4.79 Å². The zero-order chi connectivity index (χ0) is 13.8. The molecule has 0 bridgehead atoms. The topological polar surface area (TPSA) is 55.1 Å². The summed E-state index contributed by atoms with van der Waals surface area (Å²) in [5.41, 5.74) is 7.21. The largest absolute Gasteiger partial charge is 0.326 e. The predicted octanol–water partition coefficient (Wildman–Crippen LogP) is 3.19. The summed E-state index contributed by atoms with van der Waals surface area (Å²) in [6, 6.07) is 11.1. The van der Waals surface area contributed by atoms with Crippen LogP contribution < -0.4 is 11.1 Å². The van der Waals surface area contributed by atoms with Crippen molar-refractivity contribution in [2.45, 2.75) is 6.54 Å². The molecule has 3 N–H and O–H groups in total. The quantitative estimate of drug-likeness (QED) is 0.906. The van der Waals surface area contributed by atoms with E-state index in [1.807, 2.05) is 12.1 Å². The average Bonchev–Trinajstić information content (AvgIpc) is 2.42. The normalized spacial score (nSPS) is 10.3. The van der Waals surface area contributed by atoms with Crippen molar-refractivity contribution in [3.05, 3.63) is 64.4 Å². The number of benzene rings is 2. The summed E-state index contributed by atoms with van der Waals surface area (Å²) in [7, 11) is 0. The molecule has 0 saturated heterocycles. The van der Waals surface area contributed by atoms with Crippen molar-refractivity contribution >= 4 is 23.2 Å². The lowest BCUT2D eigenvalue weighted by Gasteiger charge is -2.09. The highest BCUT2D eigenvalue weighted by Gasteiger charge is 2.10. The van der Waals surface area contributed by atoms with Crippen LogP contribution in [0.2, 0.25) is 5.02 Å². The number of halogens is 2. The molecule has 0 heterocycles. The molecule has 0 aliphatic carbocycles. The van der Waals surface area contributed by atoms with Crippen molar-refractivity contribution in [3.63, 3.8) is 0 Å². The Morgan fingerprint density at radius 2 is 2.00 bits per heavy atom. The molecule has 1 amide bonds. The van der Waals surface area contributed by atoms with E-state index in [1.54, 1.807) is 12.1 Å². The maximum Gasteiger partial charge on any atom is 0.255 e. The number of nitrogens with two attached hydrogens (primary N) is 1. The molecule has 0 radical (unpaired) electrons. The summed E-state index contributed by atoms with van der Waals surface area (Å²) in [5, 5.41) is 2.68. The van der Waals surface area contributed by atoms with Gasteiger partial charge in [-0.05, 0) is 29.8 Å². The van der Waals surface area contributed by atoms with Gasteiger partial charge in [0, 0.05) is 17.8 Å². The second-order valence-corrected chi connectivity index (χ2v) is 4.35. The van der Waals surface area contributed by atoms with Crippen LogP contribution in [0, 0.1) is 5.82 Å². The lowest BCUT2D eigenvalue weighted by atomic mass is 10.1. The fourth-order valence-corrected chi connectivity index (χ4v) is 1.77. The molecule has 0 saturated carbocycles. The summed E-state index contributed by atoms with van der Waals surface area (Å²) >= 11 is 5.57. The van der Waals surface area contributed by atoms with Crippen LogP contribution in [0.15, 0.2) is 42.5 Å². The SMILES string of the molecule is NCc1ccccc1NC(=O)c1ccc(Cl)c(F)c1. The first-order valence-electron chi connectivity index (χ1n) is 5.66. The molecule has 2 rings (SSSR count). The van der Waals surface area contributed by atoms with Gasteiger partial charge in [-0.15, -0.1) is 0 Å². The van der Waals surface area contributed by atoms with Crippen LogP contribution in [-0.4, -0.2) is 5.91 Å². The van der Waals surface area contributed by atoms with Gasteiger partial charge >= 0.3 is 0 Å². The zero-order valence-corrected chi connectivity index (χ0v) is 10.7. The Balaban J connectivity index is 2.23. The van der Waals surface area contributed by atoms with E-state index in [0.717, 1.165) is 11.6 Å². The van der Waals surface area contributed by atoms with E-state index < -0.39 is 11.7 Å². The van der Waals surface area contributed by atoms with Crippen LogP contribution >= 0.6 is 11.6 Å². The number of rotatable bonds is 3. The Hall–Kier alpha value is -1.91. The molecule has 0 aromatic heterocycles. The Labute approximate surface area is 115 Å². The van der Waals surface area contributed by atoms with Gasteiger partial charge in [0.25, 0.3) is 5.91 Å². The molecular formula is C14H12ClFN2O. The Kier molecular flexibility index (Phi) is 4.14. The van der Waals surface area contributed by atoms with E-state index >= 15 is 0 Å². The number of anilines is 1. The highest BCUT2D eigenvalue weighted by atomic mass is 35.5. The van der Waals surface area contributed by atoms with E-state index in [0.29, 0.717) is 12.2 Å². The van der Waals surface area contributed by atoms with Crippen molar-refractivity contribution in [3.8, 4) is 0 Å². The standard InChI is InChI=1S/C14H12ClFN2O/c15-11-6-5-9(7-12(11)16)14(19)18-13-4-2-1-3-10(13)8-17/h1-7H,8,17H2,(H,18,19). The number of nitrogens with one attached hydrogen (secondary N) is 1. The number of carbonyl (C=O) groups is 1. The molecule has 0 spiro atoms. The van der Waals surface area contributed by atoms with E-state index in [4.69, 9.17) is 17.3 Å². The van der Waals surface area contributed by atoms with Crippen LogP contribution in [0.5, 0.6) is 0 Å². The third kappa shape index (κ3) is 3.10. The number of carbonyl (C=O) groups excluding carboxylic acids is 1. The minimum atomic E-state index is -0.624. The van der Waals surface area contributed by atoms with Crippen molar-refractivity contribution in [2.24, 2.45) is 5.73 Å². The number of para-hydroxylation sites is 1. The monoisotopic (exact) mass is 278 g/mol. The molecule has 0 fully saturated rings. The van der Waals surface area contributed by atoms with Crippen LogP contribution in [0.1, 0.15) is 15.9 Å². The Morgan fingerprint density at radius 3 is 2.68 bits per heavy atom. The molecular weight excluding hydrogens is 267 g/mol. The molecule has 19 heavy (non-hydrogen) atoms. The van der Waals surface area contributed by atoms with Gasteiger partial charge in [0.05, 0.1) is 5.02 Å². The molecule has 5 heteroatoms. The second-order valence-electron chi connectivity index (χ2n) is 3.94. The van der Waals surface area contributed by atoms with E-state index in [9.17, 15) is 9.18 Å². The first-order chi connectivity index (χ1) is 9.11. The first kappa shape index (κ1) is 13.5. The highest BCUT2D eigenvalue weighted by Crippen LogP contribution is 2.18. The number of amides is 1.